The molecule has 0 aromatic heterocycles. The summed E-state index contributed by atoms with van der Waals surface area (Å²) in [7, 11) is 3.65. The van der Waals surface area contributed by atoms with Crippen LogP contribution in [0.5, 0.6) is 0 Å². The number of amides is 1. The molecule has 19 heavy (non-hydrogen) atoms. The zero-order valence-electron chi connectivity index (χ0n) is 12.8. The zero-order chi connectivity index (χ0) is 14.3. The number of likely N-dealkylation sites (tertiary alicyclic amines) is 1. The summed E-state index contributed by atoms with van der Waals surface area (Å²) in [6.45, 7) is 7.11. The largest absolute Gasteiger partial charge is 0.348 e. The van der Waals surface area contributed by atoms with Gasteiger partial charge in [-0.2, -0.15) is 11.8 Å². The minimum Gasteiger partial charge on any atom is -0.348 e. The first-order valence-corrected chi connectivity index (χ1v) is 8.44. The van der Waals surface area contributed by atoms with Crippen molar-refractivity contribution in [3.8, 4) is 0 Å². The van der Waals surface area contributed by atoms with E-state index in [9.17, 15) is 4.79 Å². The molecule has 1 saturated heterocycles. The van der Waals surface area contributed by atoms with Gasteiger partial charge in [-0.1, -0.05) is 6.92 Å². The van der Waals surface area contributed by atoms with E-state index < -0.39 is 0 Å². The number of rotatable bonds is 7. The third-order valence-electron chi connectivity index (χ3n) is 3.54. The van der Waals surface area contributed by atoms with Crippen LogP contribution in [0.25, 0.3) is 0 Å². The van der Waals surface area contributed by atoms with Gasteiger partial charge in [0.15, 0.2) is 0 Å². The van der Waals surface area contributed by atoms with Crippen LogP contribution >= 0.6 is 11.8 Å². The Morgan fingerprint density at radius 2 is 2.05 bits per heavy atom. The van der Waals surface area contributed by atoms with E-state index in [0.29, 0.717) is 18.6 Å². The fourth-order valence-electron chi connectivity index (χ4n) is 2.34. The fourth-order valence-corrected chi connectivity index (χ4v) is 3.02. The molecule has 5 heteroatoms. The zero-order valence-corrected chi connectivity index (χ0v) is 13.6. The van der Waals surface area contributed by atoms with E-state index in [0.717, 1.165) is 25.9 Å². The molecule has 1 N–H and O–H groups in total. The first kappa shape index (κ1) is 16.8. The molecule has 1 aliphatic heterocycles. The van der Waals surface area contributed by atoms with Gasteiger partial charge in [-0.3, -0.25) is 9.69 Å². The minimum absolute atomic E-state index is 0.208. The number of thioether (sulfide) groups is 1. The first-order chi connectivity index (χ1) is 9.02. The fraction of sp³-hybridized carbons (Fsp3) is 0.929. The van der Waals surface area contributed by atoms with Gasteiger partial charge in [0.25, 0.3) is 0 Å². The molecule has 0 bridgehead atoms. The second-order valence-corrected chi connectivity index (χ2v) is 6.88. The van der Waals surface area contributed by atoms with Crippen molar-refractivity contribution in [1.82, 2.24) is 15.1 Å². The molecular weight excluding hydrogens is 258 g/mol. The molecule has 0 aliphatic carbocycles. The normalized spacial score (nSPS) is 19.4. The SMILES string of the molecule is CCSCC(C)NC1CCN(CC(=O)N(C)C)CC1. The van der Waals surface area contributed by atoms with E-state index in [1.165, 1.54) is 11.5 Å². The molecule has 1 amide bonds. The van der Waals surface area contributed by atoms with E-state index in [2.05, 4.69) is 24.1 Å². The molecule has 1 atom stereocenters. The van der Waals surface area contributed by atoms with Crippen molar-refractivity contribution in [2.45, 2.75) is 38.8 Å². The standard InChI is InChI=1S/C14H29N3OS/c1-5-19-11-12(2)15-13-6-8-17(9-7-13)10-14(18)16(3)4/h12-13,15H,5-11H2,1-4H3. The summed E-state index contributed by atoms with van der Waals surface area (Å²) in [4.78, 5) is 15.6. The minimum atomic E-state index is 0.208. The highest BCUT2D eigenvalue weighted by Gasteiger charge is 2.22. The molecule has 4 nitrogen and oxygen atoms in total. The molecule has 0 saturated carbocycles. The Hall–Kier alpha value is -0.260. The lowest BCUT2D eigenvalue weighted by Crippen LogP contribution is -2.48. The number of nitrogens with one attached hydrogen (secondary N) is 1. The first-order valence-electron chi connectivity index (χ1n) is 7.29. The Balaban J connectivity index is 2.19. The van der Waals surface area contributed by atoms with Crippen LogP contribution in [0.3, 0.4) is 0 Å². The molecule has 1 aliphatic rings. The molecule has 1 rings (SSSR count). The Morgan fingerprint density at radius 3 is 2.58 bits per heavy atom. The van der Waals surface area contributed by atoms with Gasteiger partial charge in [-0.25, -0.2) is 0 Å². The van der Waals surface area contributed by atoms with Gasteiger partial charge < -0.3 is 10.2 Å². The van der Waals surface area contributed by atoms with Gasteiger partial charge in [0.2, 0.25) is 5.91 Å². The number of nitrogens with zero attached hydrogens (tertiary/aromatic N) is 2. The number of carbonyl (C=O) groups is 1. The van der Waals surface area contributed by atoms with Gasteiger partial charge in [0.1, 0.15) is 0 Å². The van der Waals surface area contributed by atoms with Gasteiger partial charge in [-0.15, -0.1) is 0 Å². The van der Waals surface area contributed by atoms with Crippen molar-refractivity contribution in [1.29, 1.82) is 0 Å². The van der Waals surface area contributed by atoms with Gasteiger partial charge in [0.05, 0.1) is 6.54 Å². The molecule has 1 heterocycles. The lowest BCUT2D eigenvalue weighted by atomic mass is 10.0. The van der Waals surface area contributed by atoms with Crippen molar-refractivity contribution in [2.24, 2.45) is 0 Å². The average Bonchev–Trinajstić information content (AvgIpc) is 2.38. The van der Waals surface area contributed by atoms with E-state index >= 15 is 0 Å². The number of piperidine rings is 1. The summed E-state index contributed by atoms with van der Waals surface area (Å²) in [5.74, 6) is 2.59. The highest BCUT2D eigenvalue weighted by molar-refractivity contribution is 7.99. The second-order valence-electron chi connectivity index (χ2n) is 5.57. The maximum atomic E-state index is 11.7. The molecule has 0 aromatic rings. The van der Waals surface area contributed by atoms with Crippen molar-refractivity contribution < 1.29 is 4.79 Å². The molecule has 0 aromatic carbocycles. The topological polar surface area (TPSA) is 35.6 Å². The Bertz CT molecular complexity index is 265. The van der Waals surface area contributed by atoms with Crippen LogP contribution in [0.15, 0.2) is 0 Å². The molecule has 1 unspecified atom stereocenters. The van der Waals surface area contributed by atoms with Crippen LogP contribution in [-0.4, -0.2) is 73.0 Å². The summed E-state index contributed by atoms with van der Waals surface area (Å²) < 4.78 is 0. The van der Waals surface area contributed by atoms with Crippen LogP contribution in [0.1, 0.15) is 26.7 Å². The Kier molecular flexibility index (Phi) is 7.80. The predicted molar refractivity (Wildman–Crippen MR) is 83.8 cm³/mol. The van der Waals surface area contributed by atoms with Crippen molar-refractivity contribution in [2.75, 3.05) is 45.2 Å². The van der Waals surface area contributed by atoms with Crippen LogP contribution < -0.4 is 5.32 Å². The molecular formula is C14H29N3OS. The quantitative estimate of drug-likeness (QED) is 0.765. The second kappa shape index (κ2) is 8.82. The van der Waals surface area contributed by atoms with Crippen LogP contribution in [0.2, 0.25) is 0 Å². The van der Waals surface area contributed by atoms with Gasteiger partial charge in [0, 0.05) is 45.0 Å². The number of likely N-dealkylation sites (N-methyl/N-ethyl adjacent to an activating group) is 1. The van der Waals surface area contributed by atoms with Crippen molar-refractivity contribution >= 4 is 17.7 Å². The number of hydrogen-bond acceptors (Lipinski definition) is 4. The molecule has 0 spiro atoms. The van der Waals surface area contributed by atoms with Gasteiger partial charge >= 0.3 is 0 Å². The average molecular weight is 287 g/mol. The smallest absolute Gasteiger partial charge is 0.236 e. The third-order valence-corrected chi connectivity index (χ3v) is 4.68. The van der Waals surface area contributed by atoms with E-state index in [-0.39, 0.29) is 5.91 Å². The number of carbonyl (C=O) groups excluding carboxylic acids is 1. The molecule has 0 radical (unpaired) electrons. The predicted octanol–water partition coefficient (Wildman–Crippen LogP) is 1.27. The summed E-state index contributed by atoms with van der Waals surface area (Å²) in [5, 5.41) is 3.71. The van der Waals surface area contributed by atoms with Crippen molar-refractivity contribution in [3.63, 3.8) is 0 Å². The summed E-state index contributed by atoms with van der Waals surface area (Å²) in [6, 6.07) is 1.21. The van der Waals surface area contributed by atoms with Crippen LogP contribution in [0.4, 0.5) is 0 Å². The summed E-state index contributed by atoms with van der Waals surface area (Å²) >= 11 is 1.99. The van der Waals surface area contributed by atoms with E-state index in [4.69, 9.17) is 0 Å². The lowest BCUT2D eigenvalue weighted by molar-refractivity contribution is -0.130. The van der Waals surface area contributed by atoms with Crippen LogP contribution in [0, 0.1) is 0 Å². The lowest BCUT2D eigenvalue weighted by Gasteiger charge is -2.34. The molecule has 1 fully saturated rings. The van der Waals surface area contributed by atoms with Crippen LogP contribution in [-0.2, 0) is 4.79 Å². The van der Waals surface area contributed by atoms with Gasteiger partial charge in [-0.05, 0) is 25.5 Å². The Labute approximate surface area is 122 Å². The monoisotopic (exact) mass is 287 g/mol. The van der Waals surface area contributed by atoms with E-state index in [1.807, 2.05) is 25.9 Å². The van der Waals surface area contributed by atoms with E-state index in [1.54, 1.807) is 4.90 Å². The summed E-state index contributed by atoms with van der Waals surface area (Å²) in [6.07, 6.45) is 2.31. The molecule has 112 valence electrons. The third kappa shape index (κ3) is 6.63. The number of hydrogen-bond donors (Lipinski definition) is 1. The summed E-state index contributed by atoms with van der Waals surface area (Å²) in [5.41, 5.74) is 0. The highest BCUT2D eigenvalue weighted by atomic mass is 32.2. The highest BCUT2D eigenvalue weighted by Crippen LogP contribution is 2.12. The maximum Gasteiger partial charge on any atom is 0.236 e. The maximum absolute atomic E-state index is 11.7. The van der Waals surface area contributed by atoms with Crippen molar-refractivity contribution in [3.05, 3.63) is 0 Å². The Morgan fingerprint density at radius 1 is 1.42 bits per heavy atom.